The monoisotopic (exact) mass is 1820 g/mol. The Balaban J connectivity index is 0.000000107. The fraction of sp³-hybridized carbons (Fsp3) is 0. The summed E-state index contributed by atoms with van der Waals surface area (Å²) in [7, 11) is 0. The van der Waals surface area contributed by atoms with Gasteiger partial charge in [0.25, 0.3) is 0 Å². The van der Waals surface area contributed by atoms with Crippen molar-refractivity contribution >= 4 is 152 Å². The van der Waals surface area contributed by atoms with Gasteiger partial charge in [-0.3, -0.25) is 4.57 Å². The van der Waals surface area contributed by atoms with Crippen LogP contribution in [0.3, 0.4) is 0 Å². The Bertz CT molecular complexity index is 9880. The minimum Gasteiger partial charge on any atom is -0.309 e. The van der Waals surface area contributed by atoms with Crippen LogP contribution < -0.4 is 0 Å². The van der Waals surface area contributed by atoms with Crippen LogP contribution in [0, 0.1) is 0 Å². The first-order valence-corrected chi connectivity index (χ1v) is 48.1. The Labute approximate surface area is 820 Å². The maximum absolute atomic E-state index is 5.10. The van der Waals surface area contributed by atoms with Gasteiger partial charge in [0.15, 0.2) is 52.4 Å². The zero-order valence-electron chi connectivity index (χ0n) is 77.1. The first-order chi connectivity index (χ1) is 70.9. The molecular weight excluding hydrogens is 1740 g/mol. The maximum Gasteiger partial charge on any atom is 0.165 e. The molecule has 0 radical (unpaired) electrons. The van der Waals surface area contributed by atoms with Crippen LogP contribution in [0.15, 0.2) is 492 Å². The number of benzene rings is 22. The van der Waals surface area contributed by atoms with Crippen LogP contribution in [-0.2, 0) is 0 Å². The van der Waals surface area contributed by atoms with Gasteiger partial charge in [0.1, 0.15) is 5.82 Å². The Morgan fingerprint density at radius 2 is 0.441 bits per heavy atom. The van der Waals surface area contributed by atoms with Crippen molar-refractivity contribution in [1.29, 1.82) is 0 Å². The maximum atomic E-state index is 5.10. The number of hydrogen-bond acceptors (Lipinski definition) is 10. The molecule has 29 rings (SSSR count). The van der Waals surface area contributed by atoms with Crippen LogP contribution in [0.4, 0.5) is 0 Å². The third-order valence-corrected chi connectivity index (χ3v) is 27.7. The van der Waals surface area contributed by atoms with E-state index in [0.717, 1.165) is 99.8 Å². The summed E-state index contributed by atoms with van der Waals surface area (Å²) in [6.45, 7) is 0. The van der Waals surface area contributed by atoms with E-state index in [-0.39, 0.29) is 0 Å². The predicted molar refractivity (Wildman–Crippen MR) is 589 cm³/mol. The van der Waals surface area contributed by atoms with E-state index in [1.165, 1.54) is 119 Å². The van der Waals surface area contributed by atoms with E-state index in [4.69, 9.17) is 49.8 Å². The topological polar surface area (TPSA) is 144 Å². The van der Waals surface area contributed by atoms with E-state index in [0.29, 0.717) is 52.4 Å². The third-order valence-electron chi connectivity index (χ3n) is 27.7. The molecule has 0 spiro atoms. The summed E-state index contributed by atoms with van der Waals surface area (Å²) in [6, 6.07) is 170. The summed E-state index contributed by atoms with van der Waals surface area (Å²) in [6.07, 6.45) is 1.87. The van der Waals surface area contributed by atoms with Gasteiger partial charge < -0.3 is 9.13 Å². The number of pyridine rings is 1. The standard InChI is InChI=1S/2C45H28N4.C40H25N5/c1-3-15-31(16-4-1)43-46-44(32-17-5-2-6-18-32)48-45(47-43)37-25-28-38(36-22-12-11-21-35(36)37)49-39-26-23-29-13-7-9-19-33(29)41(39)42-34-20-10-8-14-30(34)24-27-40(42)49;1-2-14-32(15-3-1)43-46-44(48-45(47-43)35-22-21-29-11-4-5-16-33(29)27-35)34-17-10-18-36(28-34)49-39-25-23-30-12-6-8-19-37(30)41(39)42-38-20-9-7-13-31(38)24-26-40(42)49;1-2-12-28(13-3-1)38-42-39(30-19-18-26-10-4-5-14-29(26)24-30)44-40(43-38)31-21-23-36(41-25-31)45-34-17-9-8-16-33(34)37-32-15-7-6-11-27(32)20-22-35(37)45/h2*1-28H;1-25H. The van der Waals surface area contributed by atoms with Crippen molar-refractivity contribution in [2.24, 2.45) is 0 Å². The van der Waals surface area contributed by atoms with Gasteiger partial charge in [0.05, 0.1) is 38.8 Å². The van der Waals surface area contributed by atoms with E-state index in [9.17, 15) is 0 Å². The highest BCUT2D eigenvalue weighted by Gasteiger charge is 2.26. The number of hydrogen-bond donors (Lipinski definition) is 0. The first kappa shape index (κ1) is 82.9. The van der Waals surface area contributed by atoms with Crippen molar-refractivity contribution in [1.82, 2.24) is 63.5 Å². The van der Waals surface area contributed by atoms with Gasteiger partial charge in [0, 0.05) is 99.7 Å². The molecule has 0 bridgehead atoms. The summed E-state index contributed by atoms with van der Waals surface area (Å²) >= 11 is 0. The Kier molecular flexibility index (Phi) is 20.3. The summed E-state index contributed by atoms with van der Waals surface area (Å²) in [5.74, 6) is 6.56. The second-order valence-electron chi connectivity index (χ2n) is 36.1. The molecule has 0 fully saturated rings. The molecule has 0 aliphatic carbocycles. The Morgan fingerprint density at radius 1 is 0.147 bits per heavy atom. The van der Waals surface area contributed by atoms with Crippen LogP contribution in [0.25, 0.3) is 271 Å². The van der Waals surface area contributed by atoms with Crippen molar-refractivity contribution < 1.29 is 0 Å². The van der Waals surface area contributed by atoms with Gasteiger partial charge in [-0.1, -0.05) is 400 Å². The second kappa shape index (κ2) is 34.9. The summed E-state index contributed by atoms with van der Waals surface area (Å²) < 4.78 is 7.06. The van der Waals surface area contributed by atoms with E-state index in [1.807, 2.05) is 134 Å². The van der Waals surface area contributed by atoms with E-state index >= 15 is 0 Å². The minimum atomic E-state index is 0.583. The van der Waals surface area contributed by atoms with Crippen molar-refractivity contribution in [3.63, 3.8) is 0 Å². The average Bonchev–Trinajstić information content (AvgIpc) is 1.55. The smallest absolute Gasteiger partial charge is 0.165 e. The van der Waals surface area contributed by atoms with Crippen molar-refractivity contribution in [2.75, 3.05) is 0 Å². The molecule has 0 saturated heterocycles. The molecule has 13 heteroatoms. The first-order valence-electron chi connectivity index (χ1n) is 48.1. The largest absolute Gasteiger partial charge is 0.309 e. The van der Waals surface area contributed by atoms with Gasteiger partial charge in [0.2, 0.25) is 0 Å². The van der Waals surface area contributed by atoms with Gasteiger partial charge in [-0.05, 0) is 166 Å². The van der Waals surface area contributed by atoms with Crippen LogP contribution in [0.5, 0.6) is 0 Å². The lowest BCUT2D eigenvalue weighted by Crippen LogP contribution is -2.01. The summed E-state index contributed by atoms with van der Waals surface area (Å²) in [5.41, 5.74) is 17.5. The van der Waals surface area contributed by atoms with Crippen LogP contribution >= 0.6 is 0 Å². The SMILES string of the molecule is c1ccc(-c2nc(-c3ccc(-n4c5ccccc5c5c6ccccc6ccc54)nc3)nc(-c3ccc4ccccc4c3)n2)cc1.c1ccc(-c2nc(-c3cccc(-n4c5ccc6ccccc6c5c5c6ccccc6ccc54)c3)nc(-c3ccc4ccccc4c3)n2)cc1.c1ccc(-c2nc(-c3ccccc3)nc(-c3ccc(-n4c5ccc6ccccc6c5c5c6ccccc6ccc54)c4ccccc34)n2)cc1. The van der Waals surface area contributed by atoms with Gasteiger partial charge >= 0.3 is 0 Å². The summed E-state index contributed by atoms with van der Waals surface area (Å²) in [4.78, 5) is 50.0. The Hall–Kier alpha value is -19.5. The van der Waals surface area contributed by atoms with Gasteiger partial charge in [-0.25, -0.2) is 49.8 Å². The molecule has 29 aromatic rings. The van der Waals surface area contributed by atoms with E-state index < -0.39 is 0 Å². The molecule has 666 valence electrons. The number of rotatable bonds is 12. The lowest BCUT2D eigenvalue weighted by atomic mass is 10.00. The zero-order chi connectivity index (χ0) is 94.4. The predicted octanol–water partition coefficient (Wildman–Crippen LogP) is 32.5. The van der Waals surface area contributed by atoms with Crippen molar-refractivity contribution in [3.8, 4) is 120 Å². The second-order valence-corrected chi connectivity index (χ2v) is 36.1. The molecule has 7 aromatic heterocycles. The molecule has 0 saturated carbocycles. The van der Waals surface area contributed by atoms with Crippen LogP contribution in [-0.4, -0.2) is 63.5 Å². The van der Waals surface area contributed by atoms with Crippen LogP contribution in [0.2, 0.25) is 0 Å². The lowest BCUT2D eigenvalue weighted by Gasteiger charge is -2.15. The molecule has 7 heterocycles. The molecule has 0 amide bonds. The normalized spacial score (nSPS) is 11.6. The number of para-hydroxylation sites is 1. The molecule has 143 heavy (non-hydrogen) atoms. The molecule has 0 aliphatic rings. The quantitative estimate of drug-likeness (QED) is 0.116. The van der Waals surface area contributed by atoms with Gasteiger partial charge in [-0.2, -0.15) is 0 Å². The molecule has 22 aromatic carbocycles. The average molecular weight is 1830 g/mol. The summed E-state index contributed by atoms with van der Waals surface area (Å²) in [5, 5.41) is 26.8. The minimum absolute atomic E-state index is 0.583. The third kappa shape index (κ3) is 14.7. The van der Waals surface area contributed by atoms with Crippen LogP contribution in [0.1, 0.15) is 0 Å². The van der Waals surface area contributed by atoms with E-state index in [1.54, 1.807) is 0 Å². The number of nitrogens with zero attached hydrogens (tertiary/aromatic N) is 13. The lowest BCUT2D eigenvalue weighted by molar-refractivity contribution is 1.05. The highest BCUT2D eigenvalue weighted by molar-refractivity contribution is 6.31. The molecule has 0 N–H and O–H groups in total. The van der Waals surface area contributed by atoms with Crippen molar-refractivity contribution in [2.45, 2.75) is 0 Å². The van der Waals surface area contributed by atoms with Crippen molar-refractivity contribution in [3.05, 3.63) is 492 Å². The number of fused-ring (bicyclic) bond motifs is 22. The molecular formula is C130H81N13. The molecule has 13 nitrogen and oxygen atoms in total. The Morgan fingerprint density at radius 3 is 0.846 bits per heavy atom. The zero-order valence-corrected chi connectivity index (χ0v) is 77.1. The fourth-order valence-electron chi connectivity index (χ4n) is 21.0. The molecule has 0 aliphatic heterocycles. The highest BCUT2D eigenvalue weighted by Crippen LogP contribution is 2.47. The fourth-order valence-corrected chi connectivity index (χ4v) is 21.0. The van der Waals surface area contributed by atoms with Gasteiger partial charge in [-0.15, -0.1) is 0 Å². The van der Waals surface area contributed by atoms with E-state index in [2.05, 4.69) is 372 Å². The highest BCUT2D eigenvalue weighted by atomic mass is 15.1. The number of aromatic nitrogens is 13. The molecule has 0 atom stereocenters. The molecule has 0 unspecified atom stereocenters.